The molecule has 1 unspecified atom stereocenters. The molecule has 236 valence electrons. The number of urea groups is 1. The molecule has 0 aliphatic heterocycles. The van der Waals surface area contributed by atoms with Crippen LogP contribution in [0.4, 0.5) is 18.0 Å². The van der Waals surface area contributed by atoms with Gasteiger partial charge in [0.2, 0.25) is 0 Å². The Hall–Kier alpha value is -5.42. The smallest absolute Gasteiger partial charge is 0.497 e. The lowest BCUT2D eigenvalue weighted by Gasteiger charge is -2.16. The van der Waals surface area contributed by atoms with Gasteiger partial charge in [-0.2, -0.15) is 10.3 Å². The van der Waals surface area contributed by atoms with Crippen molar-refractivity contribution < 1.29 is 27.4 Å². The largest absolute Gasteiger partial charge is 0.573 e. The minimum Gasteiger partial charge on any atom is -0.497 e. The van der Waals surface area contributed by atoms with E-state index in [0.29, 0.717) is 33.2 Å². The zero-order valence-electron chi connectivity index (χ0n) is 25.1. The third-order valence-corrected chi connectivity index (χ3v) is 7.85. The zero-order valence-corrected chi connectivity index (χ0v) is 25.9. The number of ether oxygens (including phenoxy) is 2. The predicted octanol–water partition coefficient (Wildman–Crippen LogP) is 7.00. The van der Waals surface area contributed by atoms with Crippen LogP contribution in [-0.4, -0.2) is 38.8 Å². The number of nitrogens with one attached hydrogen (secondary N) is 1. The van der Waals surface area contributed by atoms with E-state index in [9.17, 15) is 23.2 Å². The van der Waals surface area contributed by atoms with Gasteiger partial charge >= 0.3 is 12.4 Å². The molecule has 5 rings (SSSR count). The highest BCUT2D eigenvalue weighted by atomic mass is 32.1. The van der Waals surface area contributed by atoms with Crippen molar-refractivity contribution in [2.75, 3.05) is 7.11 Å². The molecule has 14 heteroatoms. The number of methoxy groups -OCH3 is 1. The molecule has 2 heterocycles. The zero-order chi connectivity index (χ0) is 33.0. The van der Waals surface area contributed by atoms with Gasteiger partial charge in [0.05, 0.1) is 24.6 Å². The molecule has 1 N–H and O–H groups in total. The van der Waals surface area contributed by atoms with Crippen LogP contribution in [0.3, 0.4) is 0 Å². The summed E-state index contributed by atoms with van der Waals surface area (Å²) in [4.78, 5) is 22.1. The maximum atomic E-state index is 13.1. The SMILES string of the molecule is COc1ccc(C(C)C)c(-n2c(C)csc2=NC(=O)NC(C#N)c2ccc(-c3ncn(-c4ccc(OC(F)(F)F)cc4)n3)cc2)c1. The van der Waals surface area contributed by atoms with Gasteiger partial charge in [0.25, 0.3) is 0 Å². The summed E-state index contributed by atoms with van der Waals surface area (Å²) in [6.45, 7) is 6.10. The molecule has 0 radical (unpaired) electrons. The molecule has 0 saturated carbocycles. The summed E-state index contributed by atoms with van der Waals surface area (Å²) in [6, 6.07) is 18.2. The fraction of sp³-hybridized carbons (Fsp3) is 0.219. The van der Waals surface area contributed by atoms with E-state index in [2.05, 4.69) is 45.0 Å². The molecule has 46 heavy (non-hydrogen) atoms. The molecule has 0 spiro atoms. The number of carbonyl (C=O) groups is 1. The van der Waals surface area contributed by atoms with Gasteiger partial charge in [-0.15, -0.1) is 29.6 Å². The molecule has 0 aliphatic rings. The van der Waals surface area contributed by atoms with Gasteiger partial charge in [0, 0.05) is 22.7 Å². The summed E-state index contributed by atoms with van der Waals surface area (Å²) in [6.07, 6.45) is -3.35. The third-order valence-electron chi connectivity index (χ3n) is 6.90. The van der Waals surface area contributed by atoms with Crippen LogP contribution in [0.2, 0.25) is 0 Å². The van der Waals surface area contributed by atoms with E-state index >= 15 is 0 Å². The van der Waals surface area contributed by atoms with Crippen molar-refractivity contribution in [3.05, 3.63) is 100 Å². The van der Waals surface area contributed by atoms with Gasteiger partial charge in [-0.1, -0.05) is 44.2 Å². The number of aromatic nitrogens is 4. The highest BCUT2D eigenvalue weighted by molar-refractivity contribution is 7.07. The average molecular weight is 648 g/mol. The van der Waals surface area contributed by atoms with Gasteiger partial charge in [-0.25, -0.2) is 14.5 Å². The molecule has 1 atom stereocenters. The van der Waals surface area contributed by atoms with Crippen LogP contribution < -0.4 is 19.6 Å². The summed E-state index contributed by atoms with van der Waals surface area (Å²) in [5.74, 6) is 0.889. The van der Waals surface area contributed by atoms with E-state index in [1.807, 2.05) is 35.1 Å². The molecule has 0 bridgehead atoms. The standard InChI is InChI=1S/C32H28F3N7O3S/c1-19(2)26-14-13-25(44-4)15-28(26)42-20(3)17-46-31(42)39-30(43)38-27(16-36)21-5-7-22(8-6-21)29-37-18-41(40-29)23-9-11-24(12-10-23)45-32(33,34)35/h5-15,17-19,27H,1-4H3,(H,38,43). The number of hydrogen-bond donors (Lipinski definition) is 1. The topological polar surface area (TPSA) is 119 Å². The maximum Gasteiger partial charge on any atom is 0.573 e. The predicted molar refractivity (Wildman–Crippen MR) is 165 cm³/mol. The van der Waals surface area contributed by atoms with Crippen molar-refractivity contribution in [2.45, 2.75) is 39.1 Å². The van der Waals surface area contributed by atoms with Crippen molar-refractivity contribution in [3.63, 3.8) is 0 Å². The van der Waals surface area contributed by atoms with Crippen LogP contribution in [0.15, 0.2) is 83.4 Å². The number of thiazole rings is 1. The minimum absolute atomic E-state index is 0.206. The molecule has 0 fully saturated rings. The van der Waals surface area contributed by atoms with Crippen molar-refractivity contribution in [2.24, 2.45) is 4.99 Å². The van der Waals surface area contributed by atoms with E-state index in [1.54, 1.807) is 31.4 Å². The van der Waals surface area contributed by atoms with E-state index in [0.717, 1.165) is 16.9 Å². The average Bonchev–Trinajstić information content (AvgIpc) is 3.66. The van der Waals surface area contributed by atoms with Gasteiger partial charge in [-0.3, -0.25) is 4.57 Å². The highest BCUT2D eigenvalue weighted by Crippen LogP contribution is 2.28. The lowest BCUT2D eigenvalue weighted by molar-refractivity contribution is -0.274. The Balaban J connectivity index is 1.32. The van der Waals surface area contributed by atoms with Crippen LogP contribution in [0, 0.1) is 18.3 Å². The number of alkyl halides is 3. The van der Waals surface area contributed by atoms with E-state index < -0.39 is 18.4 Å². The molecule has 2 amide bonds. The van der Waals surface area contributed by atoms with E-state index in [1.165, 1.54) is 46.6 Å². The summed E-state index contributed by atoms with van der Waals surface area (Å²) < 4.78 is 50.0. The van der Waals surface area contributed by atoms with Gasteiger partial charge in [0.15, 0.2) is 10.6 Å². The number of rotatable bonds is 8. The van der Waals surface area contributed by atoms with Crippen molar-refractivity contribution in [3.8, 4) is 40.3 Å². The number of halogens is 3. The fourth-order valence-electron chi connectivity index (χ4n) is 4.67. The Morgan fingerprint density at radius 3 is 2.39 bits per heavy atom. The summed E-state index contributed by atoms with van der Waals surface area (Å²) in [7, 11) is 1.60. The van der Waals surface area contributed by atoms with Gasteiger partial charge < -0.3 is 14.8 Å². The second-order valence-electron chi connectivity index (χ2n) is 10.4. The fourth-order valence-corrected chi connectivity index (χ4v) is 5.54. The van der Waals surface area contributed by atoms with Crippen molar-refractivity contribution >= 4 is 17.4 Å². The van der Waals surface area contributed by atoms with Crippen molar-refractivity contribution in [1.29, 1.82) is 5.26 Å². The van der Waals surface area contributed by atoms with Crippen LogP contribution in [0.25, 0.3) is 22.8 Å². The Kier molecular flexibility index (Phi) is 9.24. The second kappa shape index (κ2) is 13.3. The molecule has 0 saturated heterocycles. The number of nitrogens with zero attached hydrogens (tertiary/aromatic N) is 6. The second-order valence-corrected chi connectivity index (χ2v) is 11.2. The summed E-state index contributed by atoms with van der Waals surface area (Å²) in [5.41, 5.74) is 4.45. The van der Waals surface area contributed by atoms with Crippen LogP contribution in [0.5, 0.6) is 11.5 Å². The van der Waals surface area contributed by atoms with Crippen molar-refractivity contribution in [1.82, 2.24) is 24.6 Å². The Bertz CT molecular complexity index is 1950. The first kappa shape index (κ1) is 32.0. The minimum atomic E-state index is -4.78. The number of hydrogen-bond acceptors (Lipinski definition) is 7. The van der Waals surface area contributed by atoms with Crippen LogP contribution in [-0.2, 0) is 0 Å². The monoisotopic (exact) mass is 647 g/mol. The number of nitriles is 1. The first-order valence-corrected chi connectivity index (χ1v) is 14.8. The molecular formula is C32H28F3N7O3S. The van der Waals surface area contributed by atoms with Gasteiger partial charge in [0.1, 0.15) is 23.9 Å². The van der Waals surface area contributed by atoms with Crippen LogP contribution >= 0.6 is 11.3 Å². The maximum absolute atomic E-state index is 13.1. The highest BCUT2D eigenvalue weighted by Gasteiger charge is 2.31. The first-order chi connectivity index (χ1) is 22.0. The Morgan fingerprint density at radius 2 is 1.76 bits per heavy atom. The quantitative estimate of drug-likeness (QED) is 0.194. The number of amides is 2. The van der Waals surface area contributed by atoms with E-state index in [-0.39, 0.29) is 11.7 Å². The summed E-state index contributed by atoms with van der Waals surface area (Å²) >= 11 is 1.31. The molecule has 3 aromatic carbocycles. The Morgan fingerprint density at radius 1 is 1.07 bits per heavy atom. The lowest BCUT2D eigenvalue weighted by Crippen LogP contribution is -2.28. The number of benzene rings is 3. The molecule has 10 nitrogen and oxygen atoms in total. The van der Waals surface area contributed by atoms with Gasteiger partial charge in [-0.05, 0) is 54.3 Å². The summed E-state index contributed by atoms with van der Waals surface area (Å²) in [5, 5.41) is 18.8. The number of carbonyl (C=O) groups excluding carboxylic acids is 1. The number of aryl methyl sites for hydroxylation is 1. The lowest BCUT2D eigenvalue weighted by atomic mass is 10.0. The normalized spacial score (nSPS) is 12.5. The third kappa shape index (κ3) is 7.27. The molecule has 2 aromatic heterocycles. The molecule has 5 aromatic rings. The molecular weight excluding hydrogens is 619 g/mol. The van der Waals surface area contributed by atoms with Crippen LogP contribution in [0.1, 0.15) is 42.6 Å². The molecule has 0 aliphatic carbocycles. The Labute approximate surface area is 266 Å². The van der Waals surface area contributed by atoms with E-state index in [4.69, 9.17) is 4.74 Å². The first-order valence-electron chi connectivity index (χ1n) is 13.9.